The minimum Gasteiger partial charge on any atom is -0.259 e. The molecule has 0 atom stereocenters. The monoisotopic (exact) mass is 397 g/mol. The Morgan fingerprint density at radius 1 is 0.931 bits per heavy atom. The number of aliphatic imine (C=N–C) groups is 2. The minimum atomic E-state index is 0.809. The second-order valence-electron chi connectivity index (χ2n) is 4.66. The van der Waals surface area contributed by atoms with E-state index in [1.54, 1.807) is 18.5 Å². The predicted molar refractivity (Wildman–Crippen MR) is 135 cm³/mol. The number of hydrogen-bond donors (Lipinski definition) is 0. The fourth-order valence-electron chi connectivity index (χ4n) is 1.83. The molecule has 162 valence electrons. The SMILES string of the molecule is C=C/C=C(\C)N=Cc1cccc(C=NC2=CCCC=C2)n1.CC.CC.CC.CC. The van der Waals surface area contributed by atoms with Gasteiger partial charge >= 0.3 is 0 Å². The molecule has 0 fully saturated rings. The van der Waals surface area contributed by atoms with Crippen molar-refractivity contribution in [2.24, 2.45) is 9.98 Å². The molecule has 2 rings (SSSR count). The van der Waals surface area contributed by atoms with E-state index < -0.39 is 0 Å². The third kappa shape index (κ3) is 17.3. The van der Waals surface area contributed by atoms with E-state index in [9.17, 15) is 0 Å². The van der Waals surface area contributed by atoms with Gasteiger partial charge in [0.2, 0.25) is 0 Å². The molecule has 0 saturated carbocycles. The van der Waals surface area contributed by atoms with Crippen LogP contribution in [0.3, 0.4) is 0 Å². The lowest BCUT2D eigenvalue weighted by Gasteiger charge is -2.00. The number of rotatable bonds is 5. The molecule has 1 aliphatic rings. The maximum Gasteiger partial charge on any atom is 0.0820 e. The fraction of sp³-hybridized carbons (Fsp3) is 0.423. The summed E-state index contributed by atoms with van der Waals surface area (Å²) in [6.07, 6.45) is 15.5. The Bertz CT molecular complexity index is 648. The molecule has 1 aromatic heterocycles. The van der Waals surface area contributed by atoms with Gasteiger partial charge in [0.05, 0.1) is 29.5 Å². The van der Waals surface area contributed by atoms with Gasteiger partial charge in [-0.15, -0.1) is 0 Å². The maximum atomic E-state index is 4.49. The first kappa shape index (κ1) is 31.2. The summed E-state index contributed by atoms with van der Waals surface area (Å²) >= 11 is 0. The molecule has 0 N–H and O–H groups in total. The molecule has 1 heterocycles. The van der Waals surface area contributed by atoms with Crippen molar-refractivity contribution in [1.82, 2.24) is 4.98 Å². The molecule has 0 saturated heterocycles. The third-order valence-electron chi connectivity index (χ3n) is 2.87. The van der Waals surface area contributed by atoms with Crippen LogP contribution in [0.5, 0.6) is 0 Å². The fourth-order valence-corrected chi connectivity index (χ4v) is 1.83. The van der Waals surface area contributed by atoms with E-state index in [0.29, 0.717) is 0 Å². The largest absolute Gasteiger partial charge is 0.259 e. The molecule has 3 heteroatoms. The van der Waals surface area contributed by atoms with E-state index in [-0.39, 0.29) is 0 Å². The molecular formula is C26H43N3. The van der Waals surface area contributed by atoms with Crippen molar-refractivity contribution in [2.45, 2.75) is 75.2 Å². The quantitative estimate of drug-likeness (QED) is 0.363. The molecule has 1 aliphatic carbocycles. The molecule has 0 spiro atoms. The van der Waals surface area contributed by atoms with Gasteiger partial charge in [-0.2, -0.15) is 0 Å². The van der Waals surface area contributed by atoms with E-state index in [1.807, 2.05) is 92.7 Å². The van der Waals surface area contributed by atoms with Gasteiger partial charge in [0.15, 0.2) is 0 Å². The maximum absolute atomic E-state index is 4.49. The predicted octanol–water partition coefficient (Wildman–Crippen LogP) is 8.35. The highest BCUT2D eigenvalue weighted by Gasteiger charge is 1.96. The van der Waals surface area contributed by atoms with Crippen molar-refractivity contribution in [2.75, 3.05) is 0 Å². The molecule has 0 amide bonds. The minimum absolute atomic E-state index is 0.809. The lowest BCUT2D eigenvalue weighted by molar-refractivity contribution is 1.01. The van der Waals surface area contributed by atoms with Crippen LogP contribution in [0.15, 0.2) is 76.5 Å². The van der Waals surface area contributed by atoms with Crippen LogP contribution in [-0.4, -0.2) is 17.4 Å². The number of allylic oxidation sites excluding steroid dienone is 6. The van der Waals surface area contributed by atoms with Crippen LogP contribution in [-0.2, 0) is 0 Å². The summed E-state index contributed by atoms with van der Waals surface area (Å²) in [5.41, 5.74) is 3.52. The summed E-state index contributed by atoms with van der Waals surface area (Å²) < 4.78 is 0. The van der Waals surface area contributed by atoms with Gasteiger partial charge < -0.3 is 0 Å². The van der Waals surface area contributed by atoms with Crippen LogP contribution in [0, 0.1) is 0 Å². The van der Waals surface area contributed by atoms with E-state index in [1.165, 1.54) is 0 Å². The molecule has 0 unspecified atom stereocenters. The summed E-state index contributed by atoms with van der Waals surface area (Å²) in [4.78, 5) is 13.2. The van der Waals surface area contributed by atoms with Crippen molar-refractivity contribution in [1.29, 1.82) is 0 Å². The number of nitrogens with zero attached hydrogens (tertiary/aromatic N) is 3. The van der Waals surface area contributed by atoms with Crippen LogP contribution < -0.4 is 0 Å². The summed E-state index contributed by atoms with van der Waals surface area (Å²) in [5, 5.41) is 0. The second-order valence-corrected chi connectivity index (χ2v) is 4.66. The first-order valence-corrected chi connectivity index (χ1v) is 11.0. The summed E-state index contributed by atoms with van der Waals surface area (Å²) in [6, 6.07) is 5.80. The average Bonchev–Trinajstić information content (AvgIpc) is 2.83. The Morgan fingerprint density at radius 2 is 1.52 bits per heavy atom. The van der Waals surface area contributed by atoms with E-state index in [0.717, 1.165) is 35.6 Å². The number of pyridine rings is 1. The number of hydrogen-bond acceptors (Lipinski definition) is 3. The van der Waals surface area contributed by atoms with Gasteiger partial charge in [0.1, 0.15) is 0 Å². The van der Waals surface area contributed by atoms with Crippen molar-refractivity contribution < 1.29 is 0 Å². The van der Waals surface area contributed by atoms with Crippen LogP contribution in [0.2, 0.25) is 0 Å². The topological polar surface area (TPSA) is 37.6 Å². The van der Waals surface area contributed by atoms with Crippen LogP contribution in [0.4, 0.5) is 0 Å². The molecular weight excluding hydrogens is 354 g/mol. The van der Waals surface area contributed by atoms with Gasteiger partial charge in [-0.05, 0) is 44.1 Å². The molecule has 1 aromatic rings. The summed E-state index contributed by atoms with van der Waals surface area (Å²) in [6.45, 7) is 21.6. The molecule has 0 aliphatic heterocycles. The number of aromatic nitrogens is 1. The Kier molecular flexibility index (Phi) is 27.3. The van der Waals surface area contributed by atoms with Gasteiger partial charge in [-0.3, -0.25) is 9.98 Å². The van der Waals surface area contributed by atoms with E-state index in [4.69, 9.17) is 0 Å². The average molecular weight is 398 g/mol. The Morgan fingerprint density at radius 3 is 2.03 bits per heavy atom. The van der Waals surface area contributed by atoms with Crippen molar-refractivity contribution in [3.05, 3.63) is 77.9 Å². The van der Waals surface area contributed by atoms with E-state index in [2.05, 4.69) is 33.7 Å². The summed E-state index contributed by atoms with van der Waals surface area (Å²) in [7, 11) is 0. The Labute approximate surface area is 180 Å². The first-order valence-electron chi connectivity index (χ1n) is 11.0. The lowest BCUT2D eigenvalue weighted by Crippen LogP contribution is -1.94. The van der Waals surface area contributed by atoms with Crippen molar-refractivity contribution in [3.8, 4) is 0 Å². The van der Waals surface area contributed by atoms with Crippen LogP contribution in [0.25, 0.3) is 0 Å². The zero-order chi connectivity index (χ0) is 22.9. The first-order chi connectivity index (χ1) is 14.3. The standard InChI is InChI=1S/C18H19N3.4C2H6/c1-3-8-15(2)19-13-17-11-7-12-18(21-17)14-20-16-9-5-4-6-10-16;4*1-2/h3,5,7-14H,1,4,6H2,2H3;4*1-2H3/b15-8+,19-13?,20-14?;;;;. The van der Waals surface area contributed by atoms with Crippen molar-refractivity contribution in [3.63, 3.8) is 0 Å². The lowest BCUT2D eigenvalue weighted by atomic mass is 10.1. The van der Waals surface area contributed by atoms with Gasteiger partial charge in [0.25, 0.3) is 0 Å². The highest BCUT2D eigenvalue weighted by atomic mass is 14.8. The van der Waals surface area contributed by atoms with Crippen LogP contribution in [0.1, 0.15) is 86.5 Å². The Hall–Kier alpha value is -2.55. The molecule has 0 bridgehead atoms. The molecule has 3 nitrogen and oxygen atoms in total. The van der Waals surface area contributed by atoms with Gasteiger partial charge in [-0.25, -0.2) is 4.98 Å². The normalized spacial score (nSPS) is 12.2. The molecule has 29 heavy (non-hydrogen) atoms. The summed E-state index contributed by atoms with van der Waals surface area (Å²) in [5.74, 6) is 0. The zero-order valence-electron chi connectivity index (χ0n) is 20.2. The van der Waals surface area contributed by atoms with Crippen molar-refractivity contribution >= 4 is 12.4 Å². The second kappa shape index (κ2) is 25.4. The van der Waals surface area contributed by atoms with Gasteiger partial charge in [0, 0.05) is 5.70 Å². The third-order valence-corrected chi connectivity index (χ3v) is 2.87. The molecule has 0 aromatic carbocycles. The smallest absolute Gasteiger partial charge is 0.0820 e. The Balaban J connectivity index is -0.000000754. The van der Waals surface area contributed by atoms with Crippen LogP contribution >= 0.6 is 0 Å². The highest BCUT2D eigenvalue weighted by Crippen LogP contribution is 2.10. The van der Waals surface area contributed by atoms with Gasteiger partial charge in [-0.1, -0.05) is 86.3 Å². The molecule has 0 radical (unpaired) electrons. The highest BCUT2D eigenvalue weighted by molar-refractivity contribution is 5.82. The zero-order valence-corrected chi connectivity index (χ0v) is 20.2. The van der Waals surface area contributed by atoms with E-state index >= 15 is 0 Å².